The highest BCUT2D eigenvalue weighted by atomic mass is 35.5. The van der Waals surface area contributed by atoms with Crippen LogP contribution in [0.4, 0.5) is 0 Å². The molecule has 0 aromatic carbocycles. The summed E-state index contributed by atoms with van der Waals surface area (Å²) < 4.78 is 5.49. The van der Waals surface area contributed by atoms with Crippen LogP contribution in [-0.2, 0) is 9.53 Å². The third-order valence-corrected chi connectivity index (χ3v) is 3.45. The van der Waals surface area contributed by atoms with Crippen molar-refractivity contribution in [1.82, 2.24) is 5.32 Å². The molecule has 1 N–H and O–H groups in total. The molecule has 1 saturated heterocycles. The molecule has 2 unspecified atom stereocenters. The zero-order chi connectivity index (χ0) is 12.9. The largest absolute Gasteiger partial charge is 0.368 e. The van der Waals surface area contributed by atoms with Crippen molar-refractivity contribution >= 4 is 17.5 Å². The molecular formula is C13H24ClNO2. The van der Waals surface area contributed by atoms with Gasteiger partial charge in [0, 0.05) is 18.5 Å². The van der Waals surface area contributed by atoms with Gasteiger partial charge in [0.05, 0.1) is 0 Å². The van der Waals surface area contributed by atoms with E-state index < -0.39 is 0 Å². The lowest BCUT2D eigenvalue weighted by Crippen LogP contribution is -2.49. The van der Waals surface area contributed by atoms with Gasteiger partial charge in [0.1, 0.15) is 6.10 Å². The average Bonchev–Trinajstić information content (AvgIpc) is 2.28. The summed E-state index contributed by atoms with van der Waals surface area (Å²) in [4.78, 5) is 12.1. The molecule has 17 heavy (non-hydrogen) atoms. The zero-order valence-corrected chi connectivity index (χ0v) is 11.8. The fraction of sp³-hybridized carbons (Fsp3) is 0.923. The van der Waals surface area contributed by atoms with Gasteiger partial charge in [-0.3, -0.25) is 4.79 Å². The molecule has 0 aliphatic carbocycles. The zero-order valence-electron chi connectivity index (χ0n) is 11.1. The number of amides is 1. The SMILES string of the molecule is CC(C)(C)C(CCCl)NC(=O)C1CCCCO1. The number of rotatable bonds is 4. The third kappa shape index (κ3) is 4.84. The molecule has 0 aromatic rings. The van der Waals surface area contributed by atoms with Crippen molar-refractivity contribution in [3.63, 3.8) is 0 Å². The summed E-state index contributed by atoms with van der Waals surface area (Å²) >= 11 is 5.79. The van der Waals surface area contributed by atoms with Crippen LogP contribution < -0.4 is 5.32 Å². The predicted octanol–water partition coefficient (Wildman–Crippen LogP) is 2.72. The highest BCUT2D eigenvalue weighted by Gasteiger charge is 2.29. The summed E-state index contributed by atoms with van der Waals surface area (Å²) in [7, 11) is 0. The lowest BCUT2D eigenvalue weighted by atomic mass is 9.85. The van der Waals surface area contributed by atoms with Gasteiger partial charge < -0.3 is 10.1 Å². The van der Waals surface area contributed by atoms with E-state index >= 15 is 0 Å². The number of ether oxygens (including phenoxy) is 1. The van der Waals surface area contributed by atoms with Crippen molar-refractivity contribution in [2.45, 2.75) is 58.6 Å². The van der Waals surface area contributed by atoms with Crippen LogP contribution in [0.1, 0.15) is 46.5 Å². The molecule has 0 aromatic heterocycles. The Labute approximate surface area is 109 Å². The van der Waals surface area contributed by atoms with E-state index in [1.165, 1.54) is 0 Å². The highest BCUT2D eigenvalue weighted by Crippen LogP contribution is 2.23. The van der Waals surface area contributed by atoms with E-state index in [2.05, 4.69) is 26.1 Å². The van der Waals surface area contributed by atoms with Gasteiger partial charge in [-0.15, -0.1) is 11.6 Å². The van der Waals surface area contributed by atoms with Gasteiger partial charge in [-0.2, -0.15) is 0 Å². The molecule has 1 aliphatic heterocycles. The Bertz CT molecular complexity index is 244. The Morgan fingerprint density at radius 3 is 2.65 bits per heavy atom. The summed E-state index contributed by atoms with van der Waals surface area (Å²) in [6, 6.07) is 0.109. The van der Waals surface area contributed by atoms with E-state index in [1.54, 1.807) is 0 Å². The van der Waals surface area contributed by atoms with E-state index in [9.17, 15) is 4.79 Å². The van der Waals surface area contributed by atoms with Crippen LogP contribution in [0.15, 0.2) is 0 Å². The number of alkyl halides is 1. The van der Waals surface area contributed by atoms with E-state index in [-0.39, 0.29) is 23.5 Å². The smallest absolute Gasteiger partial charge is 0.249 e. The van der Waals surface area contributed by atoms with Gasteiger partial charge in [0.2, 0.25) is 5.91 Å². The molecule has 100 valence electrons. The fourth-order valence-electron chi connectivity index (χ4n) is 2.04. The first kappa shape index (κ1) is 14.8. The Hall–Kier alpha value is -0.280. The number of hydrogen-bond acceptors (Lipinski definition) is 2. The predicted molar refractivity (Wildman–Crippen MR) is 70.3 cm³/mol. The molecule has 1 heterocycles. The second-order valence-corrected chi connectivity index (χ2v) is 6.14. The number of hydrogen-bond donors (Lipinski definition) is 1. The normalized spacial score (nSPS) is 23.2. The summed E-state index contributed by atoms with van der Waals surface area (Å²) in [6.07, 6.45) is 3.51. The fourth-order valence-corrected chi connectivity index (χ4v) is 2.26. The maximum atomic E-state index is 12.1. The third-order valence-electron chi connectivity index (χ3n) is 3.23. The van der Waals surface area contributed by atoms with Crippen molar-refractivity contribution in [1.29, 1.82) is 0 Å². The minimum Gasteiger partial charge on any atom is -0.368 e. The first-order valence-corrected chi connectivity index (χ1v) is 6.96. The molecule has 1 rings (SSSR count). The van der Waals surface area contributed by atoms with E-state index in [0.717, 1.165) is 25.7 Å². The topological polar surface area (TPSA) is 38.3 Å². The molecule has 0 saturated carbocycles. The summed E-state index contributed by atoms with van der Waals surface area (Å²) in [5.74, 6) is 0.586. The molecule has 1 amide bonds. The minimum absolute atomic E-state index is 0.0229. The standard InChI is InChI=1S/C13H24ClNO2/c1-13(2,3)11(7-8-14)15-12(16)10-6-4-5-9-17-10/h10-11H,4-9H2,1-3H3,(H,15,16). The minimum atomic E-state index is -0.260. The second-order valence-electron chi connectivity index (χ2n) is 5.76. The monoisotopic (exact) mass is 261 g/mol. The van der Waals surface area contributed by atoms with Crippen molar-refractivity contribution in [3.05, 3.63) is 0 Å². The van der Waals surface area contributed by atoms with Gasteiger partial charge in [-0.1, -0.05) is 20.8 Å². The molecule has 1 fully saturated rings. The Morgan fingerprint density at radius 2 is 2.18 bits per heavy atom. The maximum Gasteiger partial charge on any atom is 0.249 e. The molecule has 2 atom stereocenters. The van der Waals surface area contributed by atoms with Gasteiger partial charge >= 0.3 is 0 Å². The molecule has 1 aliphatic rings. The van der Waals surface area contributed by atoms with Crippen molar-refractivity contribution < 1.29 is 9.53 Å². The van der Waals surface area contributed by atoms with Crippen LogP contribution in [-0.4, -0.2) is 30.5 Å². The van der Waals surface area contributed by atoms with Crippen molar-refractivity contribution in [3.8, 4) is 0 Å². The Balaban J connectivity index is 2.51. The van der Waals surface area contributed by atoms with Gasteiger partial charge in [0.25, 0.3) is 0 Å². The molecule has 0 spiro atoms. The van der Waals surface area contributed by atoms with E-state index in [1.807, 2.05) is 0 Å². The van der Waals surface area contributed by atoms with Gasteiger partial charge in [0.15, 0.2) is 0 Å². The Kier molecular flexibility index (Phi) is 5.74. The highest BCUT2D eigenvalue weighted by molar-refractivity contribution is 6.17. The molecule has 3 nitrogen and oxygen atoms in total. The van der Waals surface area contributed by atoms with E-state index in [4.69, 9.17) is 16.3 Å². The van der Waals surface area contributed by atoms with Crippen LogP contribution in [0.2, 0.25) is 0 Å². The number of halogens is 1. The van der Waals surface area contributed by atoms with Gasteiger partial charge in [-0.05, 0) is 31.1 Å². The Morgan fingerprint density at radius 1 is 1.47 bits per heavy atom. The molecule has 4 heteroatoms. The number of carbonyl (C=O) groups is 1. The molecule has 0 bridgehead atoms. The van der Waals surface area contributed by atoms with Crippen LogP contribution in [0, 0.1) is 5.41 Å². The van der Waals surface area contributed by atoms with Gasteiger partial charge in [-0.25, -0.2) is 0 Å². The van der Waals surface area contributed by atoms with Crippen molar-refractivity contribution in [2.75, 3.05) is 12.5 Å². The average molecular weight is 262 g/mol. The summed E-state index contributed by atoms with van der Waals surface area (Å²) in [5, 5.41) is 3.08. The summed E-state index contributed by atoms with van der Waals surface area (Å²) in [6.45, 7) is 7.05. The summed E-state index contributed by atoms with van der Waals surface area (Å²) in [5.41, 5.74) is 0.0270. The first-order valence-electron chi connectivity index (χ1n) is 6.43. The number of carbonyl (C=O) groups excluding carboxylic acids is 1. The van der Waals surface area contributed by atoms with E-state index in [0.29, 0.717) is 12.5 Å². The molecule has 0 radical (unpaired) electrons. The second kappa shape index (κ2) is 6.60. The van der Waals surface area contributed by atoms with Crippen LogP contribution in [0.5, 0.6) is 0 Å². The quantitative estimate of drug-likeness (QED) is 0.791. The van der Waals surface area contributed by atoms with Crippen molar-refractivity contribution in [2.24, 2.45) is 5.41 Å². The molecular weight excluding hydrogens is 238 g/mol. The number of nitrogens with one attached hydrogen (secondary N) is 1. The maximum absolute atomic E-state index is 12.1. The first-order chi connectivity index (χ1) is 7.95. The lowest BCUT2D eigenvalue weighted by molar-refractivity contribution is -0.137. The van der Waals surface area contributed by atoms with Crippen LogP contribution in [0.25, 0.3) is 0 Å². The van der Waals surface area contributed by atoms with Crippen LogP contribution in [0.3, 0.4) is 0 Å². The lowest BCUT2D eigenvalue weighted by Gasteiger charge is -2.33. The van der Waals surface area contributed by atoms with Crippen LogP contribution >= 0.6 is 11.6 Å².